The molecule has 8 nitrogen and oxygen atoms in total. The summed E-state index contributed by atoms with van der Waals surface area (Å²) in [5, 5.41) is 9.57. The first kappa shape index (κ1) is 22.8. The molecule has 0 saturated heterocycles. The van der Waals surface area contributed by atoms with Gasteiger partial charge in [0.2, 0.25) is 0 Å². The van der Waals surface area contributed by atoms with Crippen LogP contribution in [0.15, 0.2) is 66.2 Å². The van der Waals surface area contributed by atoms with Gasteiger partial charge in [-0.25, -0.2) is 0 Å². The maximum atomic E-state index is 13.3. The quantitative estimate of drug-likeness (QED) is 0.431. The van der Waals surface area contributed by atoms with Crippen LogP contribution in [-0.2, 0) is 26.1 Å². The number of rotatable bonds is 7. The maximum absolute atomic E-state index is 13.3. The number of pyridine rings is 1. The minimum Gasteiger partial charge on any atom is -0.497 e. The molecule has 4 aromatic rings. The molecule has 1 N–H and O–H groups in total. The summed E-state index contributed by atoms with van der Waals surface area (Å²) in [5.41, 5.74) is 3.94. The predicted octanol–water partition coefficient (Wildman–Crippen LogP) is 3.53. The first-order valence-electron chi connectivity index (χ1n) is 11.3. The summed E-state index contributed by atoms with van der Waals surface area (Å²) in [7, 11) is 1.62. The second-order valence-corrected chi connectivity index (χ2v) is 9.19. The van der Waals surface area contributed by atoms with Crippen molar-refractivity contribution in [3.63, 3.8) is 0 Å². The highest BCUT2D eigenvalue weighted by Gasteiger charge is 2.30. The van der Waals surface area contributed by atoms with Crippen LogP contribution in [0, 0.1) is 0 Å². The molecule has 0 bridgehead atoms. The molecule has 2 amide bonds. The van der Waals surface area contributed by atoms with Gasteiger partial charge in [0.05, 0.1) is 30.8 Å². The Labute approximate surface area is 207 Å². The second-order valence-electron chi connectivity index (χ2n) is 8.24. The number of fused-ring (bicyclic) bond motifs is 1. The number of benzene rings is 1. The molecule has 1 aliphatic heterocycles. The lowest BCUT2D eigenvalue weighted by atomic mass is 10.0. The Balaban J connectivity index is 1.40. The van der Waals surface area contributed by atoms with Gasteiger partial charge in [0.25, 0.3) is 11.8 Å². The largest absolute Gasteiger partial charge is 0.497 e. The van der Waals surface area contributed by atoms with Crippen molar-refractivity contribution in [2.24, 2.45) is 0 Å². The number of aromatic nitrogens is 3. The summed E-state index contributed by atoms with van der Waals surface area (Å²) in [6.45, 7) is 1.75. The third kappa shape index (κ3) is 4.95. The van der Waals surface area contributed by atoms with Gasteiger partial charge in [0, 0.05) is 37.0 Å². The second kappa shape index (κ2) is 10.1. The highest BCUT2D eigenvalue weighted by molar-refractivity contribution is 7.12. The lowest BCUT2D eigenvalue weighted by molar-refractivity contribution is 0.0735. The minimum absolute atomic E-state index is 0.0206. The van der Waals surface area contributed by atoms with E-state index < -0.39 is 0 Å². The number of hydrogen-bond acceptors (Lipinski definition) is 6. The van der Waals surface area contributed by atoms with Crippen LogP contribution in [0.25, 0.3) is 0 Å². The molecular weight excluding hydrogens is 462 g/mol. The van der Waals surface area contributed by atoms with Gasteiger partial charge in [-0.2, -0.15) is 5.10 Å². The zero-order valence-corrected chi connectivity index (χ0v) is 20.1. The Morgan fingerprint density at radius 3 is 2.69 bits per heavy atom. The fourth-order valence-corrected chi connectivity index (χ4v) is 4.88. The zero-order valence-electron chi connectivity index (χ0n) is 19.3. The van der Waals surface area contributed by atoms with Crippen LogP contribution in [0.5, 0.6) is 5.75 Å². The van der Waals surface area contributed by atoms with Crippen molar-refractivity contribution in [2.75, 3.05) is 13.7 Å². The van der Waals surface area contributed by atoms with Crippen LogP contribution in [0.3, 0.4) is 0 Å². The molecule has 0 fully saturated rings. The molecule has 0 unspecified atom stereocenters. The Hall–Kier alpha value is -3.98. The molecule has 0 radical (unpaired) electrons. The number of methoxy groups -OCH3 is 1. The molecule has 0 saturated carbocycles. The Kier molecular flexibility index (Phi) is 6.58. The molecule has 0 spiro atoms. The molecule has 1 aromatic carbocycles. The summed E-state index contributed by atoms with van der Waals surface area (Å²) >= 11 is 1.42. The van der Waals surface area contributed by atoms with E-state index in [0.717, 1.165) is 28.3 Å². The number of carbonyl (C=O) groups is 2. The maximum Gasteiger partial charge on any atom is 0.272 e. The van der Waals surface area contributed by atoms with Crippen LogP contribution >= 0.6 is 11.3 Å². The highest BCUT2D eigenvalue weighted by atomic mass is 32.1. The van der Waals surface area contributed by atoms with Crippen LogP contribution in [0.1, 0.15) is 42.7 Å². The summed E-state index contributed by atoms with van der Waals surface area (Å²) in [4.78, 5) is 33.2. The fourth-order valence-electron chi connectivity index (χ4n) is 4.19. The number of nitrogens with one attached hydrogen (secondary N) is 1. The first-order chi connectivity index (χ1) is 17.1. The van der Waals surface area contributed by atoms with Gasteiger partial charge in [0.15, 0.2) is 5.69 Å². The molecule has 9 heteroatoms. The SMILES string of the molecule is COc1ccc(CNC(=O)c2nn(Cc3ccccn3)c3c2CN(C(=O)c2cccs2)CC3)cc1. The van der Waals surface area contributed by atoms with Gasteiger partial charge >= 0.3 is 0 Å². The van der Waals surface area contributed by atoms with Crippen molar-refractivity contribution in [3.8, 4) is 5.75 Å². The van der Waals surface area contributed by atoms with E-state index in [1.807, 2.05) is 64.7 Å². The summed E-state index contributed by atoms with van der Waals surface area (Å²) in [6.07, 6.45) is 2.37. The smallest absolute Gasteiger partial charge is 0.272 e. The topological polar surface area (TPSA) is 89.3 Å². The van der Waals surface area contributed by atoms with Crippen molar-refractivity contribution < 1.29 is 14.3 Å². The zero-order chi connectivity index (χ0) is 24.2. The van der Waals surface area contributed by atoms with Gasteiger partial charge in [0.1, 0.15) is 5.75 Å². The average Bonchev–Trinajstić information content (AvgIpc) is 3.56. The lowest BCUT2D eigenvalue weighted by Gasteiger charge is -2.27. The van der Waals surface area contributed by atoms with Gasteiger partial charge < -0.3 is 15.0 Å². The molecule has 178 valence electrons. The molecule has 0 aliphatic carbocycles. The normalized spacial score (nSPS) is 12.8. The van der Waals surface area contributed by atoms with Gasteiger partial charge in [-0.05, 0) is 41.3 Å². The van der Waals surface area contributed by atoms with Crippen LogP contribution < -0.4 is 10.1 Å². The standard InChI is InChI=1S/C26H25N5O3S/c1-34-20-9-7-18(8-10-20)15-28-25(32)24-21-17-30(26(33)23-6-4-14-35-23)13-11-22(21)31(29-24)16-19-5-2-3-12-27-19/h2-10,12,14H,11,13,15-17H2,1H3,(H,28,32). The third-order valence-electron chi connectivity index (χ3n) is 6.02. The van der Waals surface area contributed by atoms with Gasteiger partial charge in [-0.1, -0.05) is 24.3 Å². The van der Waals surface area contributed by atoms with E-state index in [-0.39, 0.29) is 11.8 Å². The van der Waals surface area contributed by atoms with Crippen molar-refractivity contribution in [1.82, 2.24) is 25.0 Å². The summed E-state index contributed by atoms with van der Waals surface area (Å²) in [6, 6.07) is 17.0. The number of nitrogens with zero attached hydrogens (tertiary/aromatic N) is 4. The Morgan fingerprint density at radius 1 is 1.11 bits per heavy atom. The number of amides is 2. The van der Waals surface area contributed by atoms with E-state index in [2.05, 4.69) is 10.3 Å². The predicted molar refractivity (Wildman–Crippen MR) is 132 cm³/mol. The van der Waals surface area contributed by atoms with Crippen molar-refractivity contribution in [2.45, 2.75) is 26.1 Å². The lowest BCUT2D eigenvalue weighted by Crippen LogP contribution is -2.37. The fraction of sp³-hybridized carbons (Fsp3) is 0.231. The molecular formula is C26H25N5O3S. The van der Waals surface area contributed by atoms with E-state index in [4.69, 9.17) is 9.84 Å². The molecule has 5 rings (SSSR count). The van der Waals surface area contributed by atoms with Crippen molar-refractivity contribution >= 4 is 23.2 Å². The first-order valence-corrected chi connectivity index (χ1v) is 12.2. The average molecular weight is 488 g/mol. The van der Waals surface area contributed by atoms with E-state index >= 15 is 0 Å². The van der Waals surface area contributed by atoms with Crippen LogP contribution in [-0.4, -0.2) is 45.1 Å². The van der Waals surface area contributed by atoms with E-state index in [1.54, 1.807) is 18.2 Å². The van der Waals surface area contributed by atoms with E-state index in [1.165, 1.54) is 11.3 Å². The minimum atomic E-state index is -0.262. The van der Waals surface area contributed by atoms with Crippen molar-refractivity contribution in [1.29, 1.82) is 0 Å². The Morgan fingerprint density at radius 2 is 1.97 bits per heavy atom. The van der Waals surface area contributed by atoms with E-state index in [0.29, 0.717) is 43.2 Å². The molecule has 3 aromatic heterocycles. The molecule has 4 heterocycles. The molecule has 0 atom stereocenters. The summed E-state index contributed by atoms with van der Waals surface area (Å²) < 4.78 is 7.05. The number of ether oxygens (including phenoxy) is 1. The number of hydrogen-bond donors (Lipinski definition) is 1. The van der Waals surface area contributed by atoms with E-state index in [9.17, 15) is 9.59 Å². The highest BCUT2D eigenvalue weighted by Crippen LogP contribution is 2.26. The van der Waals surface area contributed by atoms with Gasteiger partial charge in [-0.3, -0.25) is 19.3 Å². The monoisotopic (exact) mass is 487 g/mol. The summed E-state index contributed by atoms with van der Waals surface area (Å²) in [5.74, 6) is 0.480. The van der Waals surface area contributed by atoms with Crippen LogP contribution in [0.4, 0.5) is 0 Å². The van der Waals surface area contributed by atoms with Gasteiger partial charge in [-0.15, -0.1) is 11.3 Å². The molecule has 1 aliphatic rings. The van der Waals surface area contributed by atoms with Crippen LogP contribution in [0.2, 0.25) is 0 Å². The number of thiophene rings is 1. The number of carbonyl (C=O) groups excluding carboxylic acids is 2. The van der Waals surface area contributed by atoms with Crippen molar-refractivity contribution in [3.05, 3.63) is 99.3 Å². The molecule has 35 heavy (non-hydrogen) atoms. The third-order valence-corrected chi connectivity index (χ3v) is 6.88. The Bertz CT molecular complexity index is 1320.